The van der Waals surface area contributed by atoms with Crippen LogP contribution in [-0.4, -0.2) is 0 Å². The SMILES string of the molecule is CC(C)CCC[C@@H](C)[C@H]1CC=C2[C@@H]3CCC4CCCC[C@]4(C)[C@H]3CC[C@@]21C. The van der Waals surface area contributed by atoms with Crippen molar-refractivity contribution in [1.29, 1.82) is 0 Å². The first-order chi connectivity index (χ1) is 12.9. The highest BCUT2D eigenvalue weighted by Gasteiger charge is 2.57. The molecule has 0 radical (unpaired) electrons. The summed E-state index contributed by atoms with van der Waals surface area (Å²) in [5.41, 5.74) is 3.16. The number of fused-ring (bicyclic) bond motifs is 5. The van der Waals surface area contributed by atoms with Crippen molar-refractivity contribution < 1.29 is 0 Å². The van der Waals surface area contributed by atoms with Crippen molar-refractivity contribution in [1.82, 2.24) is 0 Å². The largest absolute Gasteiger partial charge is 0.0842 e. The fourth-order valence-corrected chi connectivity index (χ4v) is 8.57. The van der Waals surface area contributed by atoms with E-state index in [9.17, 15) is 0 Å². The molecular formula is C27H46. The summed E-state index contributed by atoms with van der Waals surface area (Å²) in [5.74, 6) is 5.69. The number of rotatable bonds is 5. The molecule has 0 heteroatoms. The van der Waals surface area contributed by atoms with E-state index in [1.807, 2.05) is 5.57 Å². The normalized spacial score (nSPS) is 45.0. The molecule has 0 aliphatic heterocycles. The predicted octanol–water partition coefficient (Wildman–Crippen LogP) is 8.42. The zero-order valence-corrected chi connectivity index (χ0v) is 19.0. The van der Waals surface area contributed by atoms with E-state index < -0.39 is 0 Å². The van der Waals surface area contributed by atoms with Gasteiger partial charge in [0.25, 0.3) is 0 Å². The molecule has 7 atom stereocenters. The second kappa shape index (κ2) is 7.53. The molecule has 0 aromatic carbocycles. The zero-order valence-electron chi connectivity index (χ0n) is 19.0. The first-order valence-electron chi connectivity index (χ1n) is 12.6. The van der Waals surface area contributed by atoms with Crippen LogP contribution < -0.4 is 0 Å². The van der Waals surface area contributed by atoms with Gasteiger partial charge in [0.2, 0.25) is 0 Å². The third-order valence-electron chi connectivity index (χ3n) is 10.2. The maximum atomic E-state index is 2.77. The topological polar surface area (TPSA) is 0 Å². The van der Waals surface area contributed by atoms with Crippen molar-refractivity contribution in [3.8, 4) is 0 Å². The van der Waals surface area contributed by atoms with E-state index in [1.54, 1.807) is 0 Å². The van der Waals surface area contributed by atoms with E-state index in [4.69, 9.17) is 0 Å². The van der Waals surface area contributed by atoms with Gasteiger partial charge in [-0.25, -0.2) is 0 Å². The van der Waals surface area contributed by atoms with Crippen LogP contribution in [0, 0.1) is 46.3 Å². The minimum absolute atomic E-state index is 0.538. The minimum atomic E-state index is 0.538. The third kappa shape index (κ3) is 3.36. The summed E-state index contributed by atoms with van der Waals surface area (Å²) >= 11 is 0. The highest BCUT2D eigenvalue weighted by molar-refractivity contribution is 5.29. The lowest BCUT2D eigenvalue weighted by atomic mass is 9.46. The fourth-order valence-electron chi connectivity index (χ4n) is 8.57. The molecule has 3 saturated carbocycles. The van der Waals surface area contributed by atoms with Gasteiger partial charge in [-0.3, -0.25) is 0 Å². The van der Waals surface area contributed by atoms with Crippen molar-refractivity contribution in [2.24, 2.45) is 46.3 Å². The summed E-state index contributed by atoms with van der Waals surface area (Å²) < 4.78 is 0. The van der Waals surface area contributed by atoms with E-state index >= 15 is 0 Å². The maximum Gasteiger partial charge on any atom is -0.00797 e. The quantitative estimate of drug-likeness (QED) is 0.426. The Bertz CT molecular complexity index is 556. The van der Waals surface area contributed by atoms with Crippen LogP contribution in [-0.2, 0) is 0 Å². The number of allylic oxidation sites excluding steroid dienone is 2. The fraction of sp³-hybridized carbons (Fsp3) is 0.926. The molecule has 0 aromatic heterocycles. The summed E-state index contributed by atoms with van der Waals surface area (Å²) in [6, 6.07) is 0. The van der Waals surface area contributed by atoms with Gasteiger partial charge in [0.15, 0.2) is 0 Å². The lowest BCUT2D eigenvalue weighted by molar-refractivity contribution is -0.0584. The Morgan fingerprint density at radius 1 is 0.963 bits per heavy atom. The van der Waals surface area contributed by atoms with Gasteiger partial charge in [-0.15, -0.1) is 0 Å². The Labute approximate surface area is 170 Å². The Balaban J connectivity index is 1.48. The van der Waals surface area contributed by atoms with Crippen molar-refractivity contribution in [2.75, 3.05) is 0 Å². The molecule has 0 bridgehead atoms. The highest BCUT2D eigenvalue weighted by atomic mass is 14.6. The molecule has 0 heterocycles. The molecule has 4 rings (SSSR count). The Hall–Kier alpha value is -0.260. The maximum absolute atomic E-state index is 2.77. The smallest absolute Gasteiger partial charge is 0.00797 e. The van der Waals surface area contributed by atoms with Gasteiger partial charge in [0.1, 0.15) is 0 Å². The molecular weight excluding hydrogens is 324 g/mol. The van der Waals surface area contributed by atoms with Crippen molar-refractivity contribution in [2.45, 2.75) is 112 Å². The standard InChI is InChI=1S/C27H46/c1-19(2)9-8-10-20(3)23-14-15-24-22-13-12-21-11-6-7-17-26(21,4)25(22)16-18-27(23,24)5/h15,19-23,25H,6-14,16-18H2,1-5H3/t20-,21?,22+,23-,25+,26+,27-/m1/s1. The van der Waals surface area contributed by atoms with Crippen LogP contribution in [0.5, 0.6) is 0 Å². The number of hydrogen-bond donors (Lipinski definition) is 0. The summed E-state index contributed by atoms with van der Waals surface area (Å²) in [6.45, 7) is 12.7. The van der Waals surface area contributed by atoms with Crippen LogP contribution in [0.2, 0.25) is 0 Å². The third-order valence-corrected chi connectivity index (χ3v) is 10.2. The van der Waals surface area contributed by atoms with Gasteiger partial charge in [-0.2, -0.15) is 0 Å². The molecule has 4 aliphatic carbocycles. The van der Waals surface area contributed by atoms with Gasteiger partial charge in [0.05, 0.1) is 0 Å². The molecule has 0 N–H and O–H groups in total. The van der Waals surface area contributed by atoms with Crippen LogP contribution in [0.4, 0.5) is 0 Å². The second-order valence-electron chi connectivity index (χ2n) is 12.0. The Kier molecular flexibility index (Phi) is 5.59. The van der Waals surface area contributed by atoms with Crippen LogP contribution in [0.1, 0.15) is 112 Å². The molecule has 0 amide bonds. The Morgan fingerprint density at radius 3 is 2.56 bits per heavy atom. The van der Waals surface area contributed by atoms with Crippen LogP contribution in [0.3, 0.4) is 0 Å². The van der Waals surface area contributed by atoms with Gasteiger partial charge in [0, 0.05) is 0 Å². The molecule has 3 fully saturated rings. The van der Waals surface area contributed by atoms with Crippen LogP contribution in [0.25, 0.3) is 0 Å². The lowest BCUT2D eigenvalue weighted by Crippen LogP contribution is -2.50. The Morgan fingerprint density at radius 2 is 1.78 bits per heavy atom. The predicted molar refractivity (Wildman–Crippen MR) is 118 cm³/mol. The van der Waals surface area contributed by atoms with Gasteiger partial charge >= 0.3 is 0 Å². The summed E-state index contributed by atoms with van der Waals surface area (Å²) in [7, 11) is 0. The van der Waals surface area contributed by atoms with Crippen molar-refractivity contribution in [3.05, 3.63) is 11.6 Å². The average Bonchev–Trinajstić information content (AvgIpc) is 2.98. The van der Waals surface area contributed by atoms with Crippen LogP contribution in [0.15, 0.2) is 11.6 Å². The first kappa shape index (κ1) is 20.0. The van der Waals surface area contributed by atoms with E-state index in [2.05, 4.69) is 40.7 Å². The first-order valence-corrected chi connectivity index (χ1v) is 12.6. The monoisotopic (exact) mass is 370 g/mol. The van der Waals surface area contributed by atoms with Gasteiger partial charge in [-0.1, -0.05) is 78.4 Å². The highest BCUT2D eigenvalue weighted by Crippen LogP contribution is 2.66. The minimum Gasteiger partial charge on any atom is -0.0842 e. The van der Waals surface area contributed by atoms with E-state index in [0.717, 1.165) is 35.5 Å². The molecule has 1 unspecified atom stereocenters. The molecule has 4 aliphatic rings. The van der Waals surface area contributed by atoms with E-state index in [0.29, 0.717) is 10.8 Å². The summed E-state index contributed by atoms with van der Waals surface area (Å²) in [5, 5.41) is 0. The summed E-state index contributed by atoms with van der Waals surface area (Å²) in [4.78, 5) is 0. The van der Waals surface area contributed by atoms with Gasteiger partial charge in [-0.05, 0) is 91.3 Å². The van der Waals surface area contributed by atoms with Crippen molar-refractivity contribution in [3.63, 3.8) is 0 Å². The molecule has 154 valence electrons. The molecule has 0 aromatic rings. The zero-order chi connectivity index (χ0) is 19.2. The van der Waals surface area contributed by atoms with Gasteiger partial charge < -0.3 is 0 Å². The van der Waals surface area contributed by atoms with E-state index in [-0.39, 0.29) is 0 Å². The average molecular weight is 371 g/mol. The summed E-state index contributed by atoms with van der Waals surface area (Å²) in [6.07, 6.45) is 20.6. The van der Waals surface area contributed by atoms with Crippen molar-refractivity contribution >= 4 is 0 Å². The second-order valence-corrected chi connectivity index (χ2v) is 12.0. The van der Waals surface area contributed by atoms with E-state index in [1.165, 1.54) is 77.0 Å². The van der Waals surface area contributed by atoms with Crippen LogP contribution >= 0.6 is 0 Å². The molecule has 0 saturated heterocycles. The molecule has 0 nitrogen and oxygen atoms in total. The molecule has 0 spiro atoms. The molecule has 27 heavy (non-hydrogen) atoms. The lowest BCUT2D eigenvalue weighted by Gasteiger charge is -2.59. The number of hydrogen-bond acceptors (Lipinski definition) is 0.